The maximum Gasteiger partial charge on any atom is 0.331 e. The number of carbonyl (C=O) groups is 1. The number of carbonyl (C=O) groups excluding carboxylic acids is 1. The second-order valence-corrected chi connectivity index (χ2v) is 3.49. The molecular weight excluding hydrogens is 319 g/mol. The van der Waals surface area contributed by atoms with Gasteiger partial charge < -0.3 is 14.5 Å². The molecule has 5 heteroatoms. The fraction of sp³-hybridized carbons (Fsp3) is 0.545. The van der Waals surface area contributed by atoms with Crippen molar-refractivity contribution < 1.29 is 9.53 Å². The average molecular weight is 338 g/mol. The molecular formula is C11H19IN2O2. The lowest BCUT2D eigenvalue weighted by Crippen LogP contribution is -2.28. The van der Waals surface area contributed by atoms with Crippen LogP contribution in [0.4, 0.5) is 0 Å². The summed E-state index contributed by atoms with van der Waals surface area (Å²) >= 11 is 0. The first-order valence-corrected chi connectivity index (χ1v) is 5.22. The quantitative estimate of drug-likeness (QED) is 0.422. The molecule has 1 rings (SSSR count). The number of rotatable bonds is 6. The predicted octanol–water partition coefficient (Wildman–Crippen LogP) is 2.14. The minimum absolute atomic E-state index is 0. The Hall–Kier alpha value is -0.720. The van der Waals surface area contributed by atoms with Gasteiger partial charge in [0.2, 0.25) is 0 Å². The van der Waals surface area contributed by atoms with Gasteiger partial charge in [-0.2, -0.15) is 0 Å². The minimum Gasteiger partial charge on any atom is -0.441 e. The van der Waals surface area contributed by atoms with Crippen LogP contribution in [0.15, 0.2) is 25.1 Å². The maximum atomic E-state index is 10.8. The molecule has 0 aromatic carbocycles. The molecule has 0 aromatic rings. The maximum absolute atomic E-state index is 10.8. The highest BCUT2D eigenvalue weighted by Crippen LogP contribution is 2.07. The molecule has 0 aromatic heterocycles. The molecule has 1 heterocycles. The number of nitrogens with zero attached hydrogens (tertiary/aromatic N) is 2. The van der Waals surface area contributed by atoms with Crippen molar-refractivity contribution in [2.45, 2.75) is 19.8 Å². The van der Waals surface area contributed by atoms with E-state index in [1.807, 2.05) is 17.3 Å². The van der Waals surface area contributed by atoms with Crippen LogP contribution in [0.3, 0.4) is 0 Å². The number of halogens is 1. The summed E-state index contributed by atoms with van der Waals surface area (Å²) in [4.78, 5) is 15.0. The zero-order valence-electron chi connectivity index (χ0n) is 9.59. The van der Waals surface area contributed by atoms with Crippen LogP contribution in [-0.2, 0) is 9.53 Å². The monoisotopic (exact) mass is 338 g/mol. The smallest absolute Gasteiger partial charge is 0.331 e. The Balaban J connectivity index is 0.00000225. The van der Waals surface area contributed by atoms with Gasteiger partial charge in [-0.15, -0.1) is 24.0 Å². The third kappa shape index (κ3) is 5.39. The number of esters is 1. The number of unbranched alkanes of at least 4 members (excludes halogenated alkanes) is 1. The summed E-state index contributed by atoms with van der Waals surface area (Å²) in [6.45, 7) is 7.66. The Kier molecular flexibility index (Phi) is 8.05. The second-order valence-electron chi connectivity index (χ2n) is 3.49. The Labute approximate surface area is 114 Å². The van der Waals surface area contributed by atoms with Crippen LogP contribution in [0, 0.1) is 0 Å². The molecule has 0 unspecified atom stereocenters. The summed E-state index contributed by atoms with van der Waals surface area (Å²) in [5.74, 6) is -0.379. The summed E-state index contributed by atoms with van der Waals surface area (Å²) in [6.07, 6.45) is 7.51. The molecule has 0 saturated heterocycles. The summed E-state index contributed by atoms with van der Waals surface area (Å²) in [5, 5.41) is 0. The van der Waals surface area contributed by atoms with Crippen LogP contribution < -0.4 is 0 Å². The zero-order valence-corrected chi connectivity index (χ0v) is 11.9. The normalized spacial score (nSPS) is 13.6. The van der Waals surface area contributed by atoms with Gasteiger partial charge in [-0.3, -0.25) is 0 Å². The van der Waals surface area contributed by atoms with Crippen molar-refractivity contribution in [3.63, 3.8) is 0 Å². The van der Waals surface area contributed by atoms with Crippen LogP contribution in [-0.4, -0.2) is 35.7 Å². The Morgan fingerprint density at radius 1 is 1.50 bits per heavy atom. The van der Waals surface area contributed by atoms with E-state index in [9.17, 15) is 4.79 Å². The molecule has 1 aliphatic rings. The first-order chi connectivity index (χ1) is 7.26. The van der Waals surface area contributed by atoms with Crippen molar-refractivity contribution in [2.75, 3.05) is 19.9 Å². The second kappa shape index (κ2) is 8.43. The predicted molar refractivity (Wildman–Crippen MR) is 74.0 cm³/mol. The van der Waals surface area contributed by atoms with Gasteiger partial charge in [0.15, 0.2) is 6.73 Å². The lowest BCUT2D eigenvalue weighted by Gasteiger charge is -2.20. The average Bonchev–Trinajstić information content (AvgIpc) is 2.71. The van der Waals surface area contributed by atoms with E-state index in [1.54, 1.807) is 0 Å². The fourth-order valence-electron chi connectivity index (χ4n) is 1.31. The molecule has 0 radical (unpaired) electrons. The van der Waals surface area contributed by atoms with Gasteiger partial charge in [-0.1, -0.05) is 19.9 Å². The van der Waals surface area contributed by atoms with Crippen LogP contribution >= 0.6 is 24.0 Å². The molecule has 0 atom stereocenters. The van der Waals surface area contributed by atoms with E-state index in [0.717, 1.165) is 13.2 Å². The van der Waals surface area contributed by atoms with Crippen molar-refractivity contribution in [2.24, 2.45) is 0 Å². The Morgan fingerprint density at radius 2 is 2.19 bits per heavy atom. The Bertz CT molecular complexity index is 256. The van der Waals surface area contributed by atoms with Crippen LogP contribution in [0.2, 0.25) is 0 Å². The molecule has 92 valence electrons. The molecule has 0 aliphatic carbocycles. The van der Waals surface area contributed by atoms with Crippen molar-refractivity contribution in [3.8, 4) is 0 Å². The van der Waals surface area contributed by atoms with Gasteiger partial charge in [0, 0.05) is 25.0 Å². The van der Waals surface area contributed by atoms with Crippen molar-refractivity contribution in [3.05, 3.63) is 25.1 Å². The van der Waals surface area contributed by atoms with E-state index in [2.05, 4.69) is 18.4 Å². The standard InChI is InChI=1S/C11H18N2O2.HI/c1-3-5-6-12-7-8-13(9-12)10-15-11(14)4-2;/h4,7-8H,2-3,5-6,9-10H2,1H3;1H. The highest BCUT2D eigenvalue weighted by molar-refractivity contribution is 14.0. The minimum atomic E-state index is -0.379. The molecule has 0 saturated carbocycles. The van der Waals surface area contributed by atoms with Gasteiger partial charge >= 0.3 is 5.97 Å². The molecule has 0 fully saturated rings. The molecule has 0 bridgehead atoms. The summed E-state index contributed by atoms with van der Waals surface area (Å²) < 4.78 is 4.92. The van der Waals surface area contributed by atoms with E-state index < -0.39 is 0 Å². The lowest BCUT2D eigenvalue weighted by molar-refractivity contribution is -0.141. The molecule has 0 spiro atoms. The van der Waals surface area contributed by atoms with E-state index in [0.29, 0.717) is 6.73 Å². The third-order valence-electron chi connectivity index (χ3n) is 2.19. The summed E-state index contributed by atoms with van der Waals surface area (Å²) in [7, 11) is 0. The van der Waals surface area contributed by atoms with E-state index >= 15 is 0 Å². The van der Waals surface area contributed by atoms with E-state index in [-0.39, 0.29) is 29.9 Å². The molecule has 0 N–H and O–H groups in total. The third-order valence-corrected chi connectivity index (χ3v) is 2.19. The van der Waals surface area contributed by atoms with Crippen molar-refractivity contribution in [1.29, 1.82) is 0 Å². The first-order valence-electron chi connectivity index (χ1n) is 5.22. The topological polar surface area (TPSA) is 32.8 Å². The number of hydrogen-bond acceptors (Lipinski definition) is 4. The van der Waals surface area contributed by atoms with Crippen molar-refractivity contribution in [1.82, 2.24) is 9.80 Å². The molecule has 16 heavy (non-hydrogen) atoms. The first kappa shape index (κ1) is 15.3. The number of hydrogen-bond donors (Lipinski definition) is 0. The molecule has 0 amide bonds. The molecule has 4 nitrogen and oxygen atoms in total. The van der Waals surface area contributed by atoms with Gasteiger partial charge in [-0.25, -0.2) is 4.79 Å². The highest BCUT2D eigenvalue weighted by Gasteiger charge is 2.11. The zero-order chi connectivity index (χ0) is 11.1. The van der Waals surface area contributed by atoms with Crippen molar-refractivity contribution >= 4 is 29.9 Å². The SMILES string of the molecule is C=CC(=O)OCN1C=CN(CCCC)C1.I. The fourth-order valence-corrected chi connectivity index (χ4v) is 1.31. The lowest BCUT2D eigenvalue weighted by atomic mass is 10.3. The van der Waals surface area contributed by atoms with E-state index in [4.69, 9.17) is 4.74 Å². The Morgan fingerprint density at radius 3 is 2.81 bits per heavy atom. The van der Waals surface area contributed by atoms with Crippen LogP contribution in [0.25, 0.3) is 0 Å². The number of ether oxygens (including phenoxy) is 1. The molecule has 1 aliphatic heterocycles. The van der Waals surface area contributed by atoms with Gasteiger partial charge in [-0.05, 0) is 6.42 Å². The largest absolute Gasteiger partial charge is 0.441 e. The van der Waals surface area contributed by atoms with Gasteiger partial charge in [0.25, 0.3) is 0 Å². The van der Waals surface area contributed by atoms with E-state index in [1.165, 1.54) is 18.9 Å². The van der Waals surface area contributed by atoms with Crippen LogP contribution in [0.5, 0.6) is 0 Å². The summed E-state index contributed by atoms with van der Waals surface area (Å²) in [6, 6.07) is 0. The highest BCUT2D eigenvalue weighted by atomic mass is 127. The van der Waals surface area contributed by atoms with Gasteiger partial charge in [0.1, 0.15) is 0 Å². The van der Waals surface area contributed by atoms with Gasteiger partial charge in [0.05, 0.1) is 6.67 Å². The van der Waals surface area contributed by atoms with Crippen LogP contribution in [0.1, 0.15) is 19.8 Å². The summed E-state index contributed by atoms with van der Waals surface area (Å²) in [5.41, 5.74) is 0.